The van der Waals surface area contributed by atoms with Gasteiger partial charge in [-0.1, -0.05) is 6.07 Å². The van der Waals surface area contributed by atoms with Crippen molar-refractivity contribution in [1.29, 1.82) is 0 Å². The molecular formula is C33H29N5O10. The molecule has 15 nitrogen and oxygen atoms in total. The number of phenols is 3. The number of allylic oxidation sites excluding steroid dienone is 2. The number of pyridine rings is 1. The molecule has 1 atom stereocenters. The van der Waals surface area contributed by atoms with Crippen molar-refractivity contribution >= 4 is 46.0 Å². The number of hydrogen-bond donors (Lipinski definition) is 5. The minimum Gasteiger partial charge on any atom is -0.507 e. The van der Waals surface area contributed by atoms with E-state index in [1.807, 2.05) is 11.9 Å². The van der Waals surface area contributed by atoms with Crippen LogP contribution in [0.2, 0.25) is 0 Å². The Balaban J connectivity index is 1.24. The number of ketones is 4. The summed E-state index contributed by atoms with van der Waals surface area (Å²) in [6, 6.07) is 3.06. The zero-order chi connectivity index (χ0) is 34.2. The Labute approximate surface area is 271 Å². The number of piperazine rings is 1. The van der Waals surface area contributed by atoms with Gasteiger partial charge in [0.05, 0.1) is 53.2 Å². The first-order valence-electron chi connectivity index (χ1n) is 15.1. The van der Waals surface area contributed by atoms with Crippen LogP contribution in [0.15, 0.2) is 33.9 Å². The number of likely N-dealkylation sites (N-methyl/N-ethyl adjacent to an activating group) is 1. The van der Waals surface area contributed by atoms with E-state index in [1.165, 1.54) is 12.3 Å². The Bertz CT molecular complexity index is 2160. The lowest BCUT2D eigenvalue weighted by Gasteiger charge is -2.31. The van der Waals surface area contributed by atoms with Gasteiger partial charge in [0.2, 0.25) is 5.78 Å². The summed E-state index contributed by atoms with van der Waals surface area (Å²) in [4.78, 5) is 86.5. The van der Waals surface area contributed by atoms with Crippen molar-refractivity contribution in [3.63, 3.8) is 0 Å². The molecule has 0 radical (unpaired) electrons. The summed E-state index contributed by atoms with van der Waals surface area (Å²) in [5, 5.41) is 37.8. The molecular weight excluding hydrogens is 626 g/mol. The molecule has 2 aromatic carbocycles. The lowest BCUT2D eigenvalue weighted by atomic mass is 9.76. The molecule has 7 rings (SSSR count). The van der Waals surface area contributed by atoms with E-state index in [4.69, 9.17) is 4.74 Å². The van der Waals surface area contributed by atoms with Gasteiger partial charge in [-0.3, -0.25) is 33.7 Å². The van der Waals surface area contributed by atoms with Crippen molar-refractivity contribution in [1.82, 2.24) is 20.2 Å². The monoisotopic (exact) mass is 655 g/mol. The number of aromatic hydroxyl groups is 3. The molecule has 1 aromatic heterocycles. The summed E-state index contributed by atoms with van der Waals surface area (Å²) >= 11 is 0. The summed E-state index contributed by atoms with van der Waals surface area (Å²) in [5.41, 5.74) is -2.67. The molecule has 1 saturated heterocycles. The molecule has 3 aliphatic carbocycles. The predicted molar refractivity (Wildman–Crippen MR) is 168 cm³/mol. The summed E-state index contributed by atoms with van der Waals surface area (Å²) in [7, 11) is 3.14. The summed E-state index contributed by atoms with van der Waals surface area (Å²) in [6.07, 6.45) is 1.97. The molecule has 1 fully saturated rings. The average Bonchev–Trinajstić information content (AvgIpc) is 3.54. The first kappa shape index (κ1) is 31.0. The lowest BCUT2D eigenvalue weighted by Crippen LogP contribution is -2.47. The van der Waals surface area contributed by atoms with Crippen LogP contribution in [0, 0.1) is 0 Å². The number of carbonyl (C=O) groups is 5. The zero-order valence-electron chi connectivity index (χ0n) is 25.8. The Morgan fingerprint density at radius 3 is 2.31 bits per heavy atom. The number of benzene rings is 2. The fraction of sp³-hybridized carbons (Fsp3) is 0.303. The molecule has 48 heavy (non-hydrogen) atoms. The number of Topliss-reactive ketones (excluding diaryl/α,β-unsaturated/α-hetero) is 3. The third-order valence-electron chi connectivity index (χ3n) is 9.62. The fourth-order valence-electron chi connectivity index (χ4n) is 7.25. The number of hydrogen-bond acceptors (Lipinski definition) is 13. The number of amides is 1. The van der Waals surface area contributed by atoms with E-state index in [-0.39, 0.29) is 47.3 Å². The Morgan fingerprint density at radius 1 is 0.979 bits per heavy atom. The van der Waals surface area contributed by atoms with Crippen molar-refractivity contribution in [3.8, 4) is 17.2 Å². The van der Waals surface area contributed by atoms with Gasteiger partial charge in [-0.25, -0.2) is 5.43 Å². The molecule has 5 N–H and O–H groups in total. The van der Waals surface area contributed by atoms with E-state index in [9.17, 15) is 44.1 Å². The van der Waals surface area contributed by atoms with Gasteiger partial charge in [0.15, 0.2) is 23.1 Å². The number of methoxy groups -OCH3 is 1. The maximum Gasteiger partial charge on any atom is 0.260 e. The highest BCUT2D eigenvalue weighted by Gasteiger charge is 2.61. The topological polar surface area (TPSA) is 219 Å². The summed E-state index contributed by atoms with van der Waals surface area (Å²) in [5.74, 6) is -7.16. The standard InChI is InChI=1S/C33H29N5O10/c1-37-5-7-38(8-6-37)13-19(40)36-34-12-16-10-15-9-14-3-4-33(25(14)29(44)20(15)32(47)35-16)30(45)23-24(31(33)46)28(43)22-21(27(23)42)17(39)11-18(48-2)26(22)41/h9-12,42-44H,3-8,13H2,1-2H3,(H,35,47)(H,36,40)/b34-12+. The Morgan fingerprint density at radius 2 is 1.65 bits per heavy atom. The number of nitrogens with zero attached hydrogens (tertiary/aromatic N) is 3. The third kappa shape index (κ3) is 4.31. The van der Waals surface area contributed by atoms with E-state index < -0.39 is 79.4 Å². The normalized spacial score (nSPS) is 20.8. The largest absolute Gasteiger partial charge is 0.507 e. The number of rotatable bonds is 5. The van der Waals surface area contributed by atoms with Crippen LogP contribution in [-0.2, 0) is 21.4 Å². The molecule has 1 aliphatic heterocycles. The second-order valence-corrected chi connectivity index (χ2v) is 12.3. The van der Waals surface area contributed by atoms with Gasteiger partial charge in [0, 0.05) is 37.8 Å². The highest BCUT2D eigenvalue weighted by Crippen LogP contribution is 2.57. The average molecular weight is 656 g/mol. The van der Waals surface area contributed by atoms with Crippen molar-refractivity contribution < 1.29 is 44.0 Å². The van der Waals surface area contributed by atoms with E-state index in [2.05, 4.69) is 20.4 Å². The molecule has 246 valence electrons. The van der Waals surface area contributed by atoms with Gasteiger partial charge in [0.25, 0.3) is 11.5 Å². The minimum atomic E-state index is -2.14. The smallest absolute Gasteiger partial charge is 0.260 e. The van der Waals surface area contributed by atoms with Crippen LogP contribution in [0.5, 0.6) is 17.2 Å². The third-order valence-corrected chi connectivity index (χ3v) is 9.62. The number of H-pyrrole nitrogens is 1. The number of nitrogens with one attached hydrogen (secondary N) is 2. The van der Waals surface area contributed by atoms with Gasteiger partial charge < -0.3 is 29.9 Å². The fourth-order valence-corrected chi connectivity index (χ4v) is 7.25. The lowest BCUT2D eigenvalue weighted by molar-refractivity contribution is -0.122. The first-order valence-corrected chi connectivity index (χ1v) is 15.1. The highest BCUT2D eigenvalue weighted by molar-refractivity contribution is 6.38. The van der Waals surface area contributed by atoms with Crippen LogP contribution >= 0.6 is 0 Å². The number of carbonyl (C=O) groups excluding carboxylic acids is 5. The second kappa shape index (κ2) is 11.0. The summed E-state index contributed by atoms with van der Waals surface area (Å²) in [6.45, 7) is 3.37. The van der Waals surface area contributed by atoms with Gasteiger partial charge in [-0.2, -0.15) is 5.10 Å². The SMILES string of the molecule is COC1=CC(=O)c2c(O)c3c(c(O)c2C1=O)C(=O)C1(CCc2cc4cc(/C=N/NC(=O)CN5CCN(C)CC5)[nH]c(=O)c4c(O)c21)C3=O. The molecule has 2 heterocycles. The minimum absolute atomic E-state index is 0.0946. The zero-order valence-corrected chi connectivity index (χ0v) is 25.8. The van der Waals surface area contributed by atoms with Crippen LogP contribution in [0.1, 0.15) is 64.7 Å². The molecule has 3 aromatic rings. The van der Waals surface area contributed by atoms with Crippen LogP contribution in [0.25, 0.3) is 10.8 Å². The number of aryl methyl sites for hydroxylation is 1. The molecule has 1 spiro atoms. The Kier molecular flexibility index (Phi) is 7.07. The van der Waals surface area contributed by atoms with Crippen LogP contribution in [0.4, 0.5) is 0 Å². The second-order valence-electron chi connectivity index (χ2n) is 12.3. The van der Waals surface area contributed by atoms with Crippen LogP contribution in [0.3, 0.4) is 0 Å². The number of hydrazone groups is 1. The van der Waals surface area contributed by atoms with Gasteiger partial charge >= 0.3 is 0 Å². The maximum atomic E-state index is 14.1. The van der Waals surface area contributed by atoms with E-state index in [1.54, 1.807) is 6.07 Å². The van der Waals surface area contributed by atoms with Crippen molar-refractivity contribution in [2.75, 3.05) is 46.9 Å². The molecule has 1 amide bonds. The first-order chi connectivity index (χ1) is 22.9. The van der Waals surface area contributed by atoms with Crippen molar-refractivity contribution in [2.45, 2.75) is 18.3 Å². The van der Waals surface area contributed by atoms with E-state index in [0.717, 1.165) is 39.4 Å². The number of aromatic nitrogens is 1. The number of aromatic amines is 1. The number of phenolic OH excluding ortho intramolecular Hbond substituents is 3. The van der Waals surface area contributed by atoms with Crippen LogP contribution < -0.4 is 11.0 Å². The number of fused-ring (bicyclic) bond motifs is 5. The van der Waals surface area contributed by atoms with Crippen LogP contribution in [-0.4, -0.2) is 112 Å². The predicted octanol–water partition coefficient (Wildman–Crippen LogP) is 0.515. The molecule has 4 aliphatic rings. The van der Waals surface area contributed by atoms with Crippen molar-refractivity contribution in [2.24, 2.45) is 5.10 Å². The molecule has 1 unspecified atom stereocenters. The number of ether oxygens (including phenoxy) is 1. The van der Waals surface area contributed by atoms with Gasteiger partial charge in [-0.15, -0.1) is 0 Å². The highest BCUT2D eigenvalue weighted by atomic mass is 16.5. The molecule has 0 saturated carbocycles. The van der Waals surface area contributed by atoms with Gasteiger partial charge in [-0.05, 0) is 36.9 Å². The maximum absolute atomic E-state index is 14.1. The van der Waals surface area contributed by atoms with Gasteiger partial charge in [0.1, 0.15) is 22.7 Å². The molecule has 0 bridgehead atoms. The summed E-state index contributed by atoms with van der Waals surface area (Å²) < 4.78 is 4.92. The van der Waals surface area contributed by atoms with Crippen molar-refractivity contribution in [3.05, 3.63) is 73.4 Å². The van der Waals surface area contributed by atoms with E-state index in [0.29, 0.717) is 5.56 Å². The Hall–Kier alpha value is -5.67. The van der Waals surface area contributed by atoms with E-state index >= 15 is 0 Å². The quantitative estimate of drug-likeness (QED) is 0.110. The molecule has 15 heteroatoms.